The third kappa shape index (κ3) is 4.41. The van der Waals surface area contributed by atoms with Gasteiger partial charge < -0.3 is 19.7 Å². The average Bonchev–Trinajstić information content (AvgIpc) is 3.41. The SMILES string of the molecule is COC(=O)C1=C(C)N=C2SC=C(CC(=O)NC[C@H]3CCCO3)N2[C@@H]1c1ccccc1C. The minimum Gasteiger partial charge on any atom is -0.466 e. The van der Waals surface area contributed by atoms with Crippen LogP contribution in [0, 0.1) is 6.92 Å². The number of methoxy groups -OCH3 is 1. The monoisotopic (exact) mass is 441 g/mol. The van der Waals surface area contributed by atoms with Gasteiger partial charge >= 0.3 is 5.97 Å². The van der Waals surface area contributed by atoms with Crippen molar-refractivity contribution in [1.82, 2.24) is 10.2 Å². The lowest BCUT2D eigenvalue weighted by molar-refractivity contribution is -0.136. The first-order chi connectivity index (χ1) is 15.0. The Morgan fingerprint density at radius 1 is 1.32 bits per heavy atom. The molecule has 164 valence electrons. The fourth-order valence-electron chi connectivity index (χ4n) is 4.19. The van der Waals surface area contributed by atoms with Gasteiger partial charge in [0.1, 0.15) is 0 Å². The van der Waals surface area contributed by atoms with E-state index < -0.39 is 12.0 Å². The highest BCUT2D eigenvalue weighted by molar-refractivity contribution is 8.16. The molecule has 1 aromatic carbocycles. The van der Waals surface area contributed by atoms with Crippen molar-refractivity contribution in [2.75, 3.05) is 20.3 Å². The average molecular weight is 442 g/mol. The Kier molecular flexibility index (Phi) is 6.48. The van der Waals surface area contributed by atoms with Crippen LogP contribution in [-0.4, -0.2) is 48.3 Å². The van der Waals surface area contributed by atoms with Gasteiger partial charge in [-0.05, 0) is 43.2 Å². The second-order valence-corrected chi connectivity index (χ2v) is 8.69. The summed E-state index contributed by atoms with van der Waals surface area (Å²) in [4.78, 5) is 32.1. The molecule has 0 aromatic heterocycles. The Labute approximate surface area is 186 Å². The largest absolute Gasteiger partial charge is 0.466 e. The normalized spacial score (nSPS) is 22.7. The number of hydrogen-bond acceptors (Lipinski definition) is 7. The second kappa shape index (κ2) is 9.28. The predicted molar refractivity (Wildman–Crippen MR) is 120 cm³/mol. The molecule has 0 unspecified atom stereocenters. The highest BCUT2D eigenvalue weighted by Crippen LogP contribution is 2.45. The van der Waals surface area contributed by atoms with E-state index in [0.717, 1.165) is 41.4 Å². The number of fused-ring (bicyclic) bond motifs is 1. The van der Waals surface area contributed by atoms with Gasteiger partial charge in [-0.15, -0.1) is 0 Å². The van der Waals surface area contributed by atoms with Crippen LogP contribution in [-0.2, 0) is 19.1 Å². The fourth-order valence-corrected chi connectivity index (χ4v) is 5.15. The van der Waals surface area contributed by atoms with Crippen molar-refractivity contribution in [2.24, 2.45) is 4.99 Å². The number of carbonyl (C=O) groups is 2. The number of allylic oxidation sites excluding steroid dienone is 1. The standard InChI is InChI=1S/C23H27N3O4S/c1-14-7-4-5-9-18(14)21-20(22(28)29-3)15(2)25-23-26(21)16(13-31-23)11-19(27)24-12-17-8-6-10-30-17/h4-5,7,9,13,17,21H,6,8,10-12H2,1-3H3,(H,24,27)/t17-,21-/m1/s1. The van der Waals surface area contributed by atoms with Gasteiger partial charge in [-0.1, -0.05) is 36.0 Å². The Hall–Kier alpha value is -2.58. The highest BCUT2D eigenvalue weighted by Gasteiger charge is 2.41. The first-order valence-corrected chi connectivity index (χ1v) is 11.3. The van der Waals surface area contributed by atoms with Gasteiger partial charge in [-0.2, -0.15) is 0 Å². The number of amidine groups is 1. The van der Waals surface area contributed by atoms with Crippen molar-refractivity contribution in [3.63, 3.8) is 0 Å². The molecule has 4 rings (SSSR count). The number of hydrogen-bond donors (Lipinski definition) is 1. The lowest BCUT2D eigenvalue weighted by Gasteiger charge is -2.36. The molecule has 3 aliphatic heterocycles. The number of esters is 1. The van der Waals surface area contributed by atoms with Crippen molar-refractivity contribution < 1.29 is 19.1 Å². The van der Waals surface area contributed by atoms with Crippen molar-refractivity contribution >= 4 is 28.8 Å². The molecule has 0 saturated carbocycles. The van der Waals surface area contributed by atoms with Crippen molar-refractivity contribution in [2.45, 2.75) is 45.3 Å². The number of aliphatic imine (C=N–C) groups is 1. The Bertz CT molecular complexity index is 979. The van der Waals surface area contributed by atoms with Gasteiger partial charge in [0.25, 0.3) is 0 Å². The first kappa shape index (κ1) is 21.6. The topological polar surface area (TPSA) is 80.2 Å². The van der Waals surface area contributed by atoms with Crippen molar-refractivity contribution in [3.05, 3.63) is 57.8 Å². The molecule has 2 atom stereocenters. The lowest BCUT2D eigenvalue weighted by Crippen LogP contribution is -2.39. The van der Waals surface area contributed by atoms with Crippen LogP contribution in [0.4, 0.5) is 0 Å². The quantitative estimate of drug-likeness (QED) is 0.682. The summed E-state index contributed by atoms with van der Waals surface area (Å²) >= 11 is 1.47. The van der Waals surface area contributed by atoms with E-state index in [4.69, 9.17) is 9.47 Å². The number of thioether (sulfide) groups is 1. The summed E-state index contributed by atoms with van der Waals surface area (Å²) in [6, 6.07) is 7.56. The molecule has 7 nitrogen and oxygen atoms in total. The number of rotatable bonds is 6. The van der Waals surface area contributed by atoms with E-state index in [2.05, 4.69) is 10.3 Å². The highest BCUT2D eigenvalue weighted by atomic mass is 32.2. The molecule has 1 saturated heterocycles. The van der Waals surface area contributed by atoms with Crippen LogP contribution < -0.4 is 5.32 Å². The maximum Gasteiger partial charge on any atom is 0.338 e. The van der Waals surface area contributed by atoms with Crippen LogP contribution >= 0.6 is 11.8 Å². The Balaban J connectivity index is 1.61. The summed E-state index contributed by atoms with van der Waals surface area (Å²) in [5.74, 6) is -0.481. The summed E-state index contributed by atoms with van der Waals surface area (Å²) in [6.45, 7) is 5.13. The molecule has 1 aromatic rings. The predicted octanol–water partition coefficient (Wildman–Crippen LogP) is 3.43. The number of benzene rings is 1. The number of nitrogens with zero attached hydrogens (tertiary/aromatic N) is 2. The number of ether oxygens (including phenoxy) is 2. The number of amides is 1. The number of carbonyl (C=O) groups excluding carboxylic acids is 2. The zero-order valence-corrected chi connectivity index (χ0v) is 18.8. The van der Waals surface area contributed by atoms with Crippen LogP contribution in [0.15, 0.2) is 51.6 Å². The Morgan fingerprint density at radius 3 is 2.84 bits per heavy atom. The van der Waals surface area contributed by atoms with Gasteiger partial charge in [0.05, 0.1) is 36.9 Å². The van der Waals surface area contributed by atoms with Crippen LogP contribution in [0.5, 0.6) is 0 Å². The van der Waals surface area contributed by atoms with E-state index in [1.54, 1.807) is 0 Å². The molecule has 0 spiro atoms. The van der Waals surface area contributed by atoms with Gasteiger partial charge in [-0.25, -0.2) is 9.79 Å². The summed E-state index contributed by atoms with van der Waals surface area (Å²) in [5, 5.41) is 5.69. The molecule has 0 bridgehead atoms. The van der Waals surface area contributed by atoms with E-state index in [0.29, 0.717) is 17.8 Å². The van der Waals surface area contributed by atoms with E-state index in [9.17, 15) is 9.59 Å². The van der Waals surface area contributed by atoms with E-state index in [1.807, 2.05) is 48.4 Å². The van der Waals surface area contributed by atoms with Crippen LogP contribution in [0.25, 0.3) is 0 Å². The molecule has 1 N–H and O–H groups in total. The summed E-state index contributed by atoms with van der Waals surface area (Å²) in [5.41, 5.74) is 3.99. The zero-order valence-electron chi connectivity index (χ0n) is 18.0. The molecule has 0 aliphatic carbocycles. The molecule has 1 amide bonds. The fraction of sp³-hybridized carbons (Fsp3) is 0.435. The van der Waals surface area contributed by atoms with Crippen LogP contribution in [0.3, 0.4) is 0 Å². The molecular weight excluding hydrogens is 414 g/mol. The third-order valence-corrected chi connectivity index (χ3v) is 6.67. The number of nitrogens with one attached hydrogen (secondary N) is 1. The minimum absolute atomic E-state index is 0.0713. The lowest BCUT2D eigenvalue weighted by atomic mass is 9.91. The maximum absolute atomic E-state index is 12.7. The summed E-state index contributed by atoms with van der Waals surface area (Å²) in [6.07, 6.45) is 2.31. The second-order valence-electron chi connectivity index (χ2n) is 7.86. The molecule has 3 aliphatic rings. The molecule has 31 heavy (non-hydrogen) atoms. The van der Waals surface area contributed by atoms with E-state index in [-0.39, 0.29) is 18.4 Å². The smallest absolute Gasteiger partial charge is 0.338 e. The van der Waals surface area contributed by atoms with E-state index >= 15 is 0 Å². The third-order valence-electron chi connectivity index (χ3n) is 5.78. The van der Waals surface area contributed by atoms with Crippen LogP contribution in [0.1, 0.15) is 43.4 Å². The summed E-state index contributed by atoms with van der Waals surface area (Å²) < 4.78 is 10.7. The van der Waals surface area contributed by atoms with Gasteiger partial charge in [0.15, 0.2) is 5.17 Å². The Morgan fingerprint density at radius 2 is 2.13 bits per heavy atom. The van der Waals surface area contributed by atoms with Gasteiger partial charge in [-0.3, -0.25) is 4.79 Å². The van der Waals surface area contributed by atoms with Gasteiger partial charge in [0.2, 0.25) is 5.91 Å². The minimum atomic E-state index is -0.410. The van der Waals surface area contributed by atoms with Gasteiger partial charge in [0, 0.05) is 18.8 Å². The van der Waals surface area contributed by atoms with Crippen LogP contribution in [0.2, 0.25) is 0 Å². The molecular formula is C23H27N3O4S. The van der Waals surface area contributed by atoms with E-state index in [1.165, 1.54) is 18.9 Å². The molecule has 8 heteroatoms. The molecule has 1 fully saturated rings. The van der Waals surface area contributed by atoms with Crippen molar-refractivity contribution in [3.8, 4) is 0 Å². The molecule has 0 radical (unpaired) electrons. The maximum atomic E-state index is 12.7. The molecule has 3 heterocycles. The zero-order chi connectivity index (χ0) is 22.0. The first-order valence-electron chi connectivity index (χ1n) is 10.5. The van der Waals surface area contributed by atoms with Crippen molar-refractivity contribution in [1.29, 1.82) is 0 Å². The summed E-state index contributed by atoms with van der Waals surface area (Å²) in [7, 11) is 1.38. The number of aryl methyl sites for hydroxylation is 1.